The van der Waals surface area contributed by atoms with Gasteiger partial charge in [-0.3, -0.25) is 10.1 Å². The van der Waals surface area contributed by atoms with Crippen molar-refractivity contribution in [3.05, 3.63) is 64.2 Å². The van der Waals surface area contributed by atoms with Crippen LogP contribution in [0.4, 0.5) is 11.4 Å². The number of hydrogen-bond acceptors (Lipinski definition) is 4. The maximum absolute atomic E-state index is 10.9. The number of nitro groups is 1. The monoisotopic (exact) mass is 288 g/mol. The minimum absolute atomic E-state index is 0.182. The van der Waals surface area contributed by atoms with Gasteiger partial charge in [-0.1, -0.05) is 24.3 Å². The van der Waals surface area contributed by atoms with Crippen molar-refractivity contribution in [2.45, 2.75) is 17.7 Å². The Hall–Kier alpha value is -2.01. The summed E-state index contributed by atoms with van der Waals surface area (Å²) in [5.41, 5.74) is 7.88. The Morgan fingerprint density at radius 1 is 1.15 bits per heavy atom. The molecule has 0 saturated carbocycles. The van der Waals surface area contributed by atoms with E-state index < -0.39 is 0 Å². The summed E-state index contributed by atoms with van der Waals surface area (Å²) in [5, 5.41) is 10.9. The van der Waals surface area contributed by atoms with Crippen LogP contribution in [0.5, 0.6) is 0 Å². The van der Waals surface area contributed by atoms with Crippen molar-refractivity contribution >= 4 is 23.1 Å². The molecule has 0 spiro atoms. The highest BCUT2D eigenvalue weighted by Gasteiger charge is 2.11. The zero-order valence-corrected chi connectivity index (χ0v) is 11.8. The number of anilines is 1. The van der Waals surface area contributed by atoms with Crippen molar-refractivity contribution in [3.63, 3.8) is 0 Å². The van der Waals surface area contributed by atoms with Crippen LogP contribution in [0.15, 0.2) is 53.4 Å². The van der Waals surface area contributed by atoms with E-state index in [0.717, 1.165) is 29.2 Å². The van der Waals surface area contributed by atoms with Gasteiger partial charge in [-0.2, -0.15) is 0 Å². The summed E-state index contributed by atoms with van der Waals surface area (Å²) in [6.45, 7) is 0. The first-order chi connectivity index (χ1) is 9.66. The van der Waals surface area contributed by atoms with Gasteiger partial charge in [-0.05, 0) is 42.4 Å². The SMILES string of the molecule is Nc1cccc(CCCSc2ccccc2[N+](=O)[O-])c1. The summed E-state index contributed by atoms with van der Waals surface area (Å²) < 4.78 is 0. The molecule has 0 heterocycles. The van der Waals surface area contributed by atoms with E-state index >= 15 is 0 Å². The molecule has 2 aromatic carbocycles. The molecule has 0 aliphatic heterocycles. The summed E-state index contributed by atoms with van der Waals surface area (Å²) in [7, 11) is 0. The zero-order chi connectivity index (χ0) is 14.4. The number of nitrogens with two attached hydrogens (primary N) is 1. The van der Waals surface area contributed by atoms with E-state index in [-0.39, 0.29) is 10.6 Å². The van der Waals surface area contributed by atoms with E-state index in [0.29, 0.717) is 0 Å². The average molecular weight is 288 g/mol. The van der Waals surface area contributed by atoms with Gasteiger partial charge in [0.15, 0.2) is 0 Å². The second kappa shape index (κ2) is 6.96. The lowest BCUT2D eigenvalue weighted by molar-refractivity contribution is -0.387. The maximum Gasteiger partial charge on any atom is 0.282 e. The summed E-state index contributed by atoms with van der Waals surface area (Å²) in [4.78, 5) is 11.3. The lowest BCUT2D eigenvalue weighted by Crippen LogP contribution is -1.93. The summed E-state index contributed by atoms with van der Waals surface area (Å²) in [6.07, 6.45) is 1.89. The normalized spacial score (nSPS) is 10.4. The molecule has 0 aliphatic carbocycles. The van der Waals surface area contributed by atoms with E-state index in [9.17, 15) is 10.1 Å². The molecule has 20 heavy (non-hydrogen) atoms. The van der Waals surface area contributed by atoms with Gasteiger partial charge in [-0.15, -0.1) is 11.8 Å². The first kappa shape index (κ1) is 14.4. The predicted molar refractivity (Wildman–Crippen MR) is 83.0 cm³/mol. The molecule has 0 atom stereocenters. The predicted octanol–water partition coefficient (Wildman–Crippen LogP) is 3.90. The zero-order valence-electron chi connectivity index (χ0n) is 11.0. The number of rotatable bonds is 6. The van der Waals surface area contributed by atoms with Crippen LogP contribution in [0.25, 0.3) is 0 Å². The Kier molecular flexibility index (Phi) is 5.01. The molecule has 0 aromatic heterocycles. The first-order valence-electron chi connectivity index (χ1n) is 6.37. The number of aryl methyl sites for hydroxylation is 1. The van der Waals surface area contributed by atoms with E-state index in [2.05, 4.69) is 0 Å². The second-order valence-corrected chi connectivity index (χ2v) is 5.56. The molecule has 4 nitrogen and oxygen atoms in total. The lowest BCUT2D eigenvalue weighted by atomic mass is 10.1. The molecule has 0 saturated heterocycles. The molecule has 0 radical (unpaired) electrons. The molecule has 5 heteroatoms. The van der Waals surface area contributed by atoms with E-state index in [1.807, 2.05) is 30.3 Å². The van der Waals surface area contributed by atoms with Crippen LogP contribution >= 0.6 is 11.8 Å². The minimum Gasteiger partial charge on any atom is -0.399 e. The third kappa shape index (κ3) is 3.99. The topological polar surface area (TPSA) is 69.2 Å². The third-order valence-electron chi connectivity index (χ3n) is 2.88. The summed E-state index contributed by atoms with van der Waals surface area (Å²) in [5.74, 6) is 0.847. The number of nitro benzene ring substituents is 1. The molecule has 104 valence electrons. The Balaban J connectivity index is 1.86. The van der Waals surface area contributed by atoms with Crippen molar-refractivity contribution in [1.29, 1.82) is 0 Å². The van der Waals surface area contributed by atoms with Crippen molar-refractivity contribution < 1.29 is 4.92 Å². The minimum atomic E-state index is -0.333. The van der Waals surface area contributed by atoms with Crippen molar-refractivity contribution in [2.24, 2.45) is 0 Å². The number of nitrogens with zero attached hydrogens (tertiary/aromatic N) is 1. The van der Waals surface area contributed by atoms with Crippen LogP contribution in [0.1, 0.15) is 12.0 Å². The van der Waals surface area contributed by atoms with Gasteiger partial charge in [0.1, 0.15) is 0 Å². The molecule has 0 bridgehead atoms. The lowest BCUT2D eigenvalue weighted by Gasteiger charge is -2.04. The van der Waals surface area contributed by atoms with Crippen LogP contribution in [-0.4, -0.2) is 10.7 Å². The van der Waals surface area contributed by atoms with Gasteiger partial charge in [0.05, 0.1) is 9.82 Å². The highest BCUT2D eigenvalue weighted by molar-refractivity contribution is 7.99. The Bertz CT molecular complexity index is 602. The van der Waals surface area contributed by atoms with E-state index in [4.69, 9.17) is 5.73 Å². The fraction of sp³-hybridized carbons (Fsp3) is 0.200. The Morgan fingerprint density at radius 2 is 1.95 bits per heavy atom. The van der Waals surface area contributed by atoms with Gasteiger partial charge < -0.3 is 5.73 Å². The average Bonchev–Trinajstić information content (AvgIpc) is 2.44. The molecule has 2 rings (SSSR count). The van der Waals surface area contributed by atoms with Crippen LogP contribution < -0.4 is 5.73 Å². The van der Waals surface area contributed by atoms with E-state index in [1.54, 1.807) is 18.2 Å². The largest absolute Gasteiger partial charge is 0.399 e. The number of benzene rings is 2. The number of para-hydroxylation sites is 1. The van der Waals surface area contributed by atoms with E-state index in [1.165, 1.54) is 17.3 Å². The number of nitrogen functional groups attached to an aromatic ring is 1. The first-order valence-corrected chi connectivity index (χ1v) is 7.36. The molecule has 0 aliphatic rings. The van der Waals surface area contributed by atoms with Crippen molar-refractivity contribution in [2.75, 3.05) is 11.5 Å². The van der Waals surface area contributed by atoms with Gasteiger partial charge in [0, 0.05) is 11.8 Å². The molecule has 0 unspecified atom stereocenters. The van der Waals surface area contributed by atoms with Crippen LogP contribution in [0.2, 0.25) is 0 Å². The van der Waals surface area contributed by atoms with Crippen LogP contribution in [0.3, 0.4) is 0 Å². The highest BCUT2D eigenvalue weighted by Crippen LogP contribution is 2.29. The molecule has 2 aromatic rings. The van der Waals surface area contributed by atoms with Crippen molar-refractivity contribution in [1.82, 2.24) is 0 Å². The maximum atomic E-state index is 10.9. The van der Waals surface area contributed by atoms with Crippen LogP contribution in [-0.2, 0) is 6.42 Å². The second-order valence-electron chi connectivity index (χ2n) is 4.42. The Labute approximate surface area is 122 Å². The molecular formula is C15H16N2O2S. The smallest absolute Gasteiger partial charge is 0.282 e. The molecule has 0 fully saturated rings. The van der Waals surface area contributed by atoms with Gasteiger partial charge in [0.2, 0.25) is 0 Å². The quantitative estimate of drug-likeness (QED) is 0.288. The molecular weight excluding hydrogens is 272 g/mol. The standard InChI is InChI=1S/C15H16N2O2S/c16-13-7-3-5-12(11-13)6-4-10-20-15-9-2-1-8-14(15)17(18)19/h1-3,5,7-9,11H,4,6,10,16H2. The van der Waals surface area contributed by atoms with Crippen molar-refractivity contribution in [3.8, 4) is 0 Å². The fourth-order valence-electron chi connectivity index (χ4n) is 1.94. The number of hydrogen-bond donors (Lipinski definition) is 1. The van der Waals surface area contributed by atoms with Crippen LogP contribution in [0, 0.1) is 10.1 Å². The number of thioether (sulfide) groups is 1. The summed E-state index contributed by atoms with van der Waals surface area (Å²) >= 11 is 1.53. The van der Waals surface area contributed by atoms with Gasteiger partial charge in [-0.25, -0.2) is 0 Å². The van der Waals surface area contributed by atoms with Gasteiger partial charge >= 0.3 is 0 Å². The molecule has 2 N–H and O–H groups in total. The fourth-order valence-corrected chi connectivity index (χ4v) is 2.91. The third-order valence-corrected chi connectivity index (χ3v) is 4.03. The highest BCUT2D eigenvalue weighted by atomic mass is 32.2. The van der Waals surface area contributed by atoms with Gasteiger partial charge in [0.25, 0.3) is 5.69 Å². The summed E-state index contributed by atoms with van der Waals surface area (Å²) in [6, 6.07) is 14.7. The Morgan fingerprint density at radius 3 is 2.70 bits per heavy atom. The molecule has 0 amide bonds.